The first-order valence-corrected chi connectivity index (χ1v) is 9.80. The molecule has 0 unspecified atom stereocenters. The number of nitrogens with zero attached hydrogens (tertiary/aromatic N) is 3. The van der Waals surface area contributed by atoms with E-state index in [2.05, 4.69) is 9.97 Å². The number of pyridine rings is 2. The summed E-state index contributed by atoms with van der Waals surface area (Å²) in [6.45, 7) is 1.86. The van der Waals surface area contributed by atoms with E-state index in [1.807, 2.05) is 79.7 Å². The highest BCUT2D eigenvalue weighted by Gasteiger charge is 2.20. The van der Waals surface area contributed by atoms with E-state index in [-0.39, 0.29) is 11.1 Å². The number of benzene rings is 2. The molecule has 5 nitrogen and oxygen atoms in total. The molecule has 0 amide bonds. The molecule has 3 aromatic heterocycles. The number of fused-ring (bicyclic) bond motifs is 1. The number of halogens is 1. The number of aryl methyl sites for hydroxylation is 1. The van der Waals surface area contributed by atoms with Gasteiger partial charge in [0.05, 0.1) is 0 Å². The molecule has 0 saturated heterocycles. The standard InChI is InChI=1S/C24H16ClN3O2/c1-15-14-18-12-13-28(24(29)19(18)26-21(15)25)22-20(16-8-4-2-5-9-16)30-23(27-22)17-10-6-3-7-11-17/h2-14H,1H3. The molecule has 0 spiro atoms. The van der Waals surface area contributed by atoms with Gasteiger partial charge in [-0.1, -0.05) is 60.1 Å². The minimum atomic E-state index is -0.306. The number of hydrogen-bond donors (Lipinski definition) is 0. The topological polar surface area (TPSA) is 60.9 Å². The summed E-state index contributed by atoms with van der Waals surface area (Å²) in [7, 11) is 0. The summed E-state index contributed by atoms with van der Waals surface area (Å²) in [5.41, 5.74) is 2.45. The average Bonchev–Trinajstić information content (AvgIpc) is 3.22. The molecule has 0 N–H and O–H groups in total. The van der Waals surface area contributed by atoms with Crippen molar-refractivity contribution in [2.75, 3.05) is 0 Å². The van der Waals surface area contributed by atoms with E-state index >= 15 is 0 Å². The monoisotopic (exact) mass is 413 g/mol. The summed E-state index contributed by atoms with van der Waals surface area (Å²) >= 11 is 6.18. The van der Waals surface area contributed by atoms with E-state index in [4.69, 9.17) is 16.0 Å². The second kappa shape index (κ2) is 7.28. The molecule has 2 aromatic carbocycles. The van der Waals surface area contributed by atoms with Crippen LogP contribution in [-0.4, -0.2) is 14.5 Å². The number of hydrogen-bond acceptors (Lipinski definition) is 4. The Kier molecular flexibility index (Phi) is 4.45. The normalized spacial score (nSPS) is 11.1. The van der Waals surface area contributed by atoms with Gasteiger partial charge in [0.2, 0.25) is 5.89 Å². The molecule has 0 radical (unpaired) electrons. The Labute approximate surface area is 177 Å². The van der Waals surface area contributed by atoms with Gasteiger partial charge < -0.3 is 4.42 Å². The molecule has 3 heterocycles. The lowest BCUT2D eigenvalue weighted by molar-refractivity contribution is 0.588. The Morgan fingerprint density at radius 2 is 1.57 bits per heavy atom. The van der Waals surface area contributed by atoms with Gasteiger partial charge in [0, 0.05) is 22.7 Å². The minimum absolute atomic E-state index is 0.288. The second-order valence-electron chi connectivity index (χ2n) is 6.93. The van der Waals surface area contributed by atoms with Crippen molar-refractivity contribution >= 4 is 22.5 Å². The lowest BCUT2D eigenvalue weighted by Crippen LogP contribution is -2.19. The minimum Gasteiger partial charge on any atom is -0.434 e. The van der Waals surface area contributed by atoms with E-state index in [0.717, 1.165) is 22.1 Å². The Hall–Kier alpha value is -3.70. The maximum Gasteiger partial charge on any atom is 0.282 e. The Balaban J connectivity index is 1.78. The number of aromatic nitrogens is 3. The van der Waals surface area contributed by atoms with E-state index in [9.17, 15) is 4.79 Å². The zero-order valence-corrected chi connectivity index (χ0v) is 16.8. The lowest BCUT2D eigenvalue weighted by Gasteiger charge is -2.07. The van der Waals surface area contributed by atoms with Gasteiger partial charge in [-0.25, -0.2) is 4.98 Å². The summed E-state index contributed by atoms with van der Waals surface area (Å²) in [6, 6.07) is 22.9. The van der Waals surface area contributed by atoms with Gasteiger partial charge in [-0.05, 0) is 36.8 Å². The molecule has 146 valence electrons. The van der Waals surface area contributed by atoms with Gasteiger partial charge in [-0.3, -0.25) is 9.36 Å². The van der Waals surface area contributed by atoms with Crippen molar-refractivity contribution < 1.29 is 4.42 Å². The molecule has 6 heteroatoms. The molecule has 30 heavy (non-hydrogen) atoms. The second-order valence-corrected chi connectivity index (χ2v) is 7.29. The van der Waals surface area contributed by atoms with Crippen LogP contribution in [0.4, 0.5) is 0 Å². The molecular weight excluding hydrogens is 398 g/mol. The van der Waals surface area contributed by atoms with E-state index in [1.165, 1.54) is 4.57 Å². The van der Waals surface area contributed by atoms with Crippen LogP contribution in [0, 0.1) is 6.92 Å². The molecule has 0 aliphatic rings. The average molecular weight is 414 g/mol. The zero-order valence-electron chi connectivity index (χ0n) is 16.0. The predicted octanol–water partition coefficient (Wildman–Crippen LogP) is 5.67. The highest BCUT2D eigenvalue weighted by molar-refractivity contribution is 6.30. The van der Waals surface area contributed by atoms with Gasteiger partial charge >= 0.3 is 0 Å². The van der Waals surface area contributed by atoms with Crippen molar-refractivity contribution in [2.45, 2.75) is 6.92 Å². The molecule has 0 bridgehead atoms. The summed E-state index contributed by atoms with van der Waals surface area (Å²) < 4.78 is 7.59. The number of rotatable bonds is 3. The molecule has 5 aromatic rings. The third-order valence-electron chi connectivity index (χ3n) is 4.90. The fraction of sp³-hybridized carbons (Fsp3) is 0.0417. The van der Waals surface area contributed by atoms with Crippen LogP contribution in [0.5, 0.6) is 0 Å². The van der Waals surface area contributed by atoms with Crippen LogP contribution >= 0.6 is 11.6 Å². The van der Waals surface area contributed by atoms with Gasteiger partial charge in [0.25, 0.3) is 5.56 Å². The van der Waals surface area contributed by atoms with Crippen molar-refractivity contribution in [3.8, 4) is 28.6 Å². The zero-order chi connectivity index (χ0) is 20.7. The predicted molar refractivity (Wildman–Crippen MR) is 118 cm³/mol. The van der Waals surface area contributed by atoms with Crippen molar-refractivity contribution in [3.05, 3.63) is 100 Å². The van der Waals surface area contributed by atoms with Crippen LogP contribution in [0.1, 0.15) is 5.56 Å². The quantitative estimate of drug-likeness (QED) is 0.357. The van der Waals surface area contributed by atoms with E-state index in [0.29, 0.717) is 22.6 Å². The van der Waals surface area contributed by atoms with Crippen LogP contribution in [0.2, 0.25) is 5.15 Å². The van der Waals surface area contributed by atoms with Gasteiger partial charge in [0.15, 0.2) is 11.6 Å². The Morgan fingerprint density at radius 3 is 2.27 bits per heavy atom. The van der Waals surface area contributed by atoms with Crippen molar-refractivity contribution in [1.82, 2.24) is 14.5 Å². The first-order chi connectivity index (χ1) is 14.6. The van der Waals surface area contributed by atoms with Crippen LogP contribution in [0.25, 0.3) is 39.5 Å². The summed E-state index contributed by atoms with van der Waals surface area (Å²) in [6.07, 6.45) is 1.69. The van der Waals surface area contributed by atoms with Crippen molar-refractivity contribution in [1.29, 1.82) is 0 Å². The van der Waals surface area contributed by atoms with Crippen LogP contribution < -0.4 is 5.56 Å². The summed E-state index contributed by atoms with van der Waals surface area (Å²) in [5, 5.41) is 1.04. The molecular formula is C24H16ClN3O2. The van der Waals surface area contributed by atoms with Crippen LogP contribution in [-0.2, 0) is 0 Å². The first kappa shape index (κ1) is 18.3. The number of oxazole rings is 1. The summed E-state index contributed by atoms with van der Waals surface area (Å²) in [4.78, 5) is 22.3. The van der Waals surface area contributed by atoms with Gasteiger partial charge in [0.1, 0.15) is 10.7 Å². The fourth-order valence-corrected chi connectivity index (χ4v) is 3.51. The summed E-state index contributed by atoms with van der Waals surface area (Å²) in [5.74, 6) is 1.35. The lowest BCUT2D eigenvalue weighted by atomic mass is 10.1. The van der Waals surface area contributed by atoms with Gasteiger partial charge in [-0.15, -0.1) is 0 Å². The van der Waals surface area contributed by atoms with Crippen molar-refractivity contribution in [3.63, 3.8) is 0 Å². The molecule has 5 rings (SSSR count). The molecule has 0 aliphatic carbocycles. The maximum atomic E-state index is 13.3. The van der Waals surface area contributed by atoms with Crippen LogP contribution in [0.3, 0.4) is 0 Å². The highest BCUT2D eigenvalue weighted by Crippen LogP contribution is 2.31. The first-order valence-electron chi connectivity index (χ1n) is 9.42. The third kappa shape index (κ3) is 3.09. The fourth-order valence-electron chi connectivity index (χ4n) is 3.37. The van der Waals surface area contributed by atoms with Gasteiger partial charge in [-0.2, -0.15) is 4.98 Å². The SMILES string of the molecule is Cc1cc2ccn(-c3nc(-c4ccccc4)oc3-c3ccccc3)c(=O)c2nc1Cl. The Bertz CT molecular complexity index is 1420. The molecule has 0 fully saturated rings. The molecule has 0 aliphatic heterocycles. The van der Waals surface area contributed by atoms with E-state index in [1.54, 1.807) is 6.20 Å². The van der Waals surface area contributed by atoms with E-state index < -0.39 is 0 Å². The smallest absolute Gasteiger partial charge is 0.282 e. The molecule has 0 saturated carbocycles. The molecule has 0 atom stereocenters. The van der Waals surface area contributed by atoms with Crippen molar-refractivity contribution in [2.24, 2.45) is 0 Å². The Morgan fingerprint density at radius 1 is 0.900 bits per heavy atom. The maximum absolute atomic E-state index is 13.3. The highest BCUT2D eigenvalue weighted by atomic mass is 35.5. The largest absolute Gasteiger partial charge is 0.434 e. The third-order valence-corrected chi connectivity index (χ3v) is 5.28. The van der Waals surface area contributed by atoms with Crippen LogP contribution in [0.15, 0.2) is 88.2 Å².